The van der Waals surface area contributed by atoms with Crippen molar-refractivity contribution >= 4 is 11.8 Å². The van der Waals surface area contributed by atoms with Crippen LogP contribution in [0.15, 0.2) is 23.8 Å². The Labute approximate surface area is 137 Å². The largest absolute Gasteiger partial charge is 0.469 e. The van der Waals surface area contributed by atoms with E-state index in [1.165, 1.54) is 7.11 Å². The molecule has 0 spiro atoms. The van der Waals surface area contributed by atoms with Gasteiger partial charge in [-0.3, -0.25) is 9.59 Å². The van der Waals surface area contributed by atoms with Gasteiger partial charge in [-0.05, 0) is 50.2 Å². The third-order valence-corrected chi connectivity index (χ3v) is 4.08. The molecule has 0 amide bonds. The van der Waals surface area contributed by atoms with Crippen molar-refractivity contribution < 1.29 is 23.8 Å². The summed E-state index contributed by atoms with van der Waals surface area (Å²) in [5.74, 6) is -0.0259. The van der Waals surface area contributed by atoms with E-state index in [2.05, 4.69) is 4.74 Å². The number of unbranched alkanes of at least 4 members (excludes halogenated alkanes) is 1. The van der Waals surface area contributed by atoms with Crippen LogP contribution in [-0.4, -0.2) is 37.9 Å². The number of hydrogen-bond acceptors (Lipinski definition) is 5. The Hall–Kier alpha value is -1.46. The van der Waals surface area contributed by atoms with Crippen molar-refractivity contribution in [3.8, 4) is 0 Å². The van der Waals surface area contributed by atoms with Gasteiger partial charge >= 0.3 is 5.97 Å². The van der Waals surface area contributed by atoms with Crippen LogP contribution in [-0.2, 0) is 23.8 Å². The minimum atomic E-state index is -0.183. The van der Waals surface area contributed by atoms with E-state index in [4.69, 9.17) is 9.47 Å². The molecular formula is C18H26O5. The van der Waals surface area contributed by atoms with Crippen LogP contribution in [0.2, 0.25) is 0 Å². The third kappa shape index (κ3) is 6.28. The Morgan fingerprint density at radius 1 is 1.39 bits per heavy atom. The van der Waals surface area contributed by atoms with Crippen LogP contribution in [0.5, 0.6) is 0 Å². The fraction of sp³-hybridized carbons (Fsp3) is 0.667. The standard InChI is InChI=1S/C18H26O5/c1-21-17(20)9-5-3-2-4-8-14-12-15(13-16(14)19)23-18-10-6-7-11-22-18/h2,4,12,15,18H,3,5-11,13H2,1H3/b4-2-/t15-,18+/m0/s1. The van der Waals surface area contributed by atoms with E-state index < -0.39 is 0 Å². The van der Waals surface area contributed by atoms with Crippen LogP contribution in [0.4, 0.5) is 0 Å². The number of ether oxygens (including phenoxy) is 3. The van der Waals surface area contributed by atoms with Crippen molar-refractivity contribution in [2.45, 2.75) is 63.8 Å². The second kappa shape index (κ2) is 9.63. The number of carbonyl (C=O) groups excluding carboxylic acids is 2. The highest BCUT2D eigenvalue weighted by atomic mass is 16.7. The summed E-state index contributed by atoms with van der Waals surface area (Å²) in [5, 5.41) is 0. The molecule has 5 heteroatoms. The van der Waals surface area contributed by atoms with Gasteiger partial charge in [-0.25, -0.2) is 0 Å². The SMILES string of the molecule is COC(=O)CCC/C=C\CC1=C[C@H](O[C@@H]2CCCCO2)CC1=O. The van der Waals surface area contributed by atoms with Crippen LogP contribution in [0.3, 0.4) is 0 Å². The predicted molar refractivity (Wildman–Crippen MR) is 85.8 cm³/mol. The highest BCUT2D eigenvalue weighted by molar-refractivity contribution is 5.98. The summed E-state index contributed by atoms with van der Waals surface area (Å²) in [6.45, 7) is 0.746. The van der Waals surface area contributed by atoms with Gasteiger partial charge in [0, 0.05) is 19.4 Å². The molecule has 1 aliphatic carbocycles. The summed E-state index contributed by atoms with van der Waals surface area (Å²) in [6.07, 6.45) is 11.8. The topological polar surface area (TPSA) is 61.8 Å². The number of methoxy groups -OCH3 is 1. The lowest BCUT2D eigenvalue weighted by Gasteiger charge is -2.24. The van der Waals surface area contributed by atoms with Crippen molar-refractivity contribution in [1.29, 1.82) is 0 Å². The molecule has 0 saturated carbocycles. The zero-order valence-electron chi connectivity index (χ0n) is 13.8. The Kier molecular flexibility index (Phi) is 7.49. The molecule has 0 radical (unpaired) electrons. The Balaban J connectivity index is 1.68. The molecule has 2 rings (SSSR count). The van der Waals surface area contributed by atoms with Gasteiger partial charge in [0.25, 0.3) is 0 Å². The van der Waals surface area contributed by atoms with Crippen molar-refractivity contribution in [1.82, 2.24) is 0 Å². The Morgan fingerprint density at radius 2 is 2.26 bits per heavy atom. The average Bonchev–Trinajstić information content (AvgIpc) is 2.91. The summed E-state index contributed by atoms with van der Waals surface area (Å²) < 4.78 is 16.0. The van der Waals surface area contributed by atoms with Crippen molar-refractivity contribution in [2.24, 2.45) is 0 Å². The van der Waals surface area contributed by atoms with Gasteiger partial charge < -0.3 is 14.2 Å². The van der Waals surface area contributed by atoms with Crippen LogP contribution in [0.25, 0.3) is 0 Å². The van der Waals surface area contributed by atoms with Crippen molar-refractivity contribution in [2.75, 3.05) is 13.7 Å². The quantitative estimate of drug-likeness (QED) is 0.390. The van der Waals surface area contributed by atoms with Crippen LogP contribution < -0.4 is 0 Å². The molecular weight excluding hydrogens is 296 g/mol. The number of carbonyl (C=O) groups is 2. The molecule has 1 aliphatic heterocycles. The second-order valence-corrected chi connectivity index (χ2v) is 5.93. The molecule has 2 atom stereocenters. The van der Waals surface area contributed by atoms with E-state index in [9.17, 15) is 9.59 Å². The van der Waals surface area contributed by atoms with Gasteiger partial charge in [0.05, 0.1) is 13.2 Å². The van der Waals surface area contributed by atoms with Crippen LogP contribution in [0, 0.1) is 0 Å². The molecule has 128 valence electrons. The van der Waals surface area contributed by atoms with Gasteiger partial charge in [0.15, 0.2) is 12.1 Å². The fourth-order valence-corrected chi connectivity index (χ4v) is 2.77. The minimum absolute atomic E-state index is 0.145. The Morgan fingerprint density at radius 3 is 3.00 bits per heavy atom. The van der Waals surface area contributed by atoms with E-state index in [1.54, 1.807) is 0 Å². The van der Waals surface area contributed by atoms with Crippen molar-refractivity contribution in [3.63, 3.8) is 0 Å². The number of hydrogen-bond donors (Lipinski definition) is 0. The maximum absolute atomic E-state index is 12.0. The zero-order chi connectivity index (χ0) is 16.5. The molecule has 0 aromatic heterocycles. The van der Waals surface area contributed by atoms with Gasteiger partial charge in [0.1, 0.15) is 0 Å². The summed E-state index contributed by atoms with van der Waals surface area (Å²) in [4.78, 5) is 23.0. The van der Waals surface area contributed by atoms with E-state index in [1.807, 2.05) is 18.2 Å². The summed E-state index contributed by atoms with van der Waals surface area (Å²) >= 11 is 0. The maximum atomic E-state index is 12.0. The molecule has 0 bridgehead atoms. The molecule has 23 heavy (non-hydrogen) atoms. The summed E-state index contributed by atoms with van der Waals surface area (Å²) in [5.41, 5.74) is 0.815. The van der Waals surface area contributed by atoms with Gasteiger partial charge in [-0.1, -0.05) is 12.2 Å². The van der Waals surface area contributed by atoms with Crippen LogP contribution >= 0.6 is 0 Å². The van der Waals surface area contributed by atoms with Crippen molar-refractivity contribution in [3.05, 3.63) is 23.8 Å². The average molecular weight is 322 g/mol. The number of Topliss-reactive ketones (excluding diaryl/α,β-unsaturated/α-hetero) is 1. The lowest BCUT2D eigenvalue weighted by Crippen LogP contribution is -2.26. The molecule has 0 aromatic rings. The van der Waals surface area contributed by atoms with Gasteiger partial charge in [-0.2, -0.15) is 0 Å². The van der Waals surface area contributed by atoms with Gasteiger partial charge in [0.2, 0.25) is 0 Å². The Bertz CT molecular complexity index is 460. The number of ketones is 1. The number of rotatable bonds is 8. The third-order valence-electron chi connectivity index (χ3n) is 4.08. The fourth-order valence-electron chi connectivity index (χ4n) is 2.77. The molecule has 0 unspecified atom stereocenters. The summed E-state index contributed by atoms with van der Waals surface area (Å²) in [7, 11) is 1.40. The molecule has 1 heterocycles. The van der Waals surface area contributed by atoms with E-state index in [-0.39, 0.29) is 24.1 Å². The molecule has 2 aliphatic rings. The second-order valence-electron chi connectivity index (χ2n) is 5.93. The highest BCUT2D eigenvalue weighted by Crippen LogP contribution is 2.24. The lowest BCUT2D eigenvalue weighted by molar-refractivity contribution is -0.178. The highest BCUT2D eigenvalue weighted by Gasteiger charge is 2.27. The normalized spacial score (nSPS) is 24.9. The monoisotopic (exact) mass is 322 g/mol. The van der Waals surface area contributed by atoms with E-state index >= 15 is 0 Å². The minimum Gasteiger partial charge on any atom is -0.469 e. The zero-order valence-corrected chi connectivity index (χ0v) is 13.8. The van der Waals surface area contributed by atoms with Crippen LogP contribution in [0.1, 0.15) is 51.4 Å². The predicted octanol–water partition coefficient (Wildman–Crippen LogP) is 3.09. The maximum Gasteiger partial charge on any atom is 0.305 e. The first-order valence-electron chi connectivity index (χ1n) is 8.42. The number of esters is 1. The van der Waals surface area contributed by atoms with E-state index in [0.29, 0.717) is 19.3 Å². The molecule has 5 nitrogen and oxygen atoms in total. The first-order chi connectivity index (χ1) is 11.2. The molecule has 0 N–H and O–H groups in total. The number of allylic oxidation sites excluding steroid dienone is 3. The van der Waals surface area contributed by atoms with Gasteiger partial charge in [-0.15, -0.1) is 0 Å². The molecule has 1 saturated heterocycles. The lowest BCUT2D eigenvalue weighted by atomic mass is 10.1. The first kappa shape index (κ1) is 17.9. The first-order valence-corrected chi connectivity index (χ1v) is 8.42. The summed E-state index contributed by atoms with van der Waals surface area (Å²) in [6, 6.07) is 0. The molecule has 1 fully saturated rings. The molecule has 0 aromatic carbocycles. The van der Waals surface area contributed by atoms with E-state index in [0.717, 1.165) is 44.3 Å². The smallest absolute Gasteiger partial charge is 0.305 e.